The van der Waals surface area contributed by atoms with Crippen LogP contribution in [0, 0.1) is 5.82 Å². The highest BCUT2D eigenvalue weighted by molar-refractivity contribution is 7.11. The molecule has 2 aromatic rings. The van der Waals surface area contributed by atoms with Gasteiger partial charge in [0.25, 0.3) is 5.91 Å². The number of aromatic nitrogens is 1. The fraction of sp³-hybridized carbons (Fsp3) is 0.412. The van der Waals surface area contributed by atoms with E-state index < -0.39 is 5.60 Å². The van der Waals surface area contributed by atoms with Crippen LogP contribution in [0.2, 0.25) is 0 Å². The summed E-state index contributed by atoms with van der Waals surface area (Å²) in [5.74, 6) is -0.331. The Balaban J connectivity index is 1.56. The van der Waals surface area contributed by atoms with Gasteiger partial charge in [0.05, 0.1) is 23.9 Å². The first-order chi connectivity index (χ1) is 11.5. The molecule has 1 aliphatic rings. The third-order valence-corrected chi connectivity index (χ3v) is 4.95. The van der Waals surface area contributed by atoms with Gasteiger partial charge in [0, 0.05) is 19.6 Å². The lowest BCUT2D eigenvalue weighted by Crippen LogP contribution is -2.44. The number of carbonyl (C=O) groups is 1. The number of nitrogens with zero attached hydrogens (tertiary/aromatic N) is 3. The van der Waals surface area contributed by atoms with Crippen molar-refractivity contribution in [1.29, 1.82) is 0 Å². The molecule has 1 N–H and O–H groups in total. The van der Waals surface area contributed by atoms with E-state index in [9.17, 15) is 14.3 Å². The van der Waals surface area contributed by atoms with Crippen LogP contribution >= 0.6 is 11.3 Å². The van der Waals surface area contributed by atoms with Gasteiger partial charge in [-0.25, -0.2) is 4.39 Å². The molecule has 1 aromatic carbocycles. The van der Waals surface area contributed by atoms with Crippen LogP contribution in [-0.4, -0.2) is 58.1 Å². The summed E-state index contributed by atoms with van der Waals surface area (Å²) in [6, 6.07) is 6.35. The molecule has 1 unspecified atom stereocenters. The number of hydrogen-bond acceptors (Lipinski definition) is 5. The Morgan fingerprint density at radius 1 is 1.46 bits per heavy atom. The van der Waals surface area contributed by atoms with E-state index in [-0.39, 0.29) is 11.7 Å². The van der Waals surface area contributed by atoms with E-state index in [1.807, 2.05) is 11.9 Å². The summed E-state index contributed by atoms with van der Waals surface area (Å²) in [6.45, 7) is 1.93. The number of thiazole rings is 1. The molecular formula is C17H20FN3O2S. The summed E-state index contributed by atoms with van der Waals surface area (Å²) in [7, 11) is 1.91. The Kier molecular flexibility index (Phi) is 4.93. The van der Waals surface area contributed by atoms with E-state index in [1.54, 1.807) is 28.7 Å². The van der Waals surface area contributed by atoms with Gasteiger partial charge in [0.1, 0.15) is 10.7 Å². The maximum atomic E-state index is 13.0. The van der Waals surface area contributed by atoms with Crippen molar-refractivity contribution in [3.05, 3.63) is 52.2 Å². The second kappa shape index (κ2) is 6.96. The van der Waals surface area contributed by atoms with Gasteiger partial charge in [-0.3, -0.25) is 14.7 Å². The number of rotatable bonds is 5. The van der Waals surface area contributed by atoms with Gasteiger partial charge < -0.3 is 10.0 Å². The molecule has 1 aromatic heterocycles. The molecule has 7 heteroatoms. The van der Waals surface area contributed by atoms with Crippen molar-refractivity contribution in [2.75, 3.05) is 26.7 Å². The Hall–Kier alpha value is -1.83. The van der Waals surface area contributed by atoms with E-state index >= 15 is 0 Å². The molecule has 128 valence electrons. The number of halogens is 1. The largest absolute Gasteiger partial charge is 0.387 e. The quantitative estimate of drug-likeness (QED) is 0.897. The van der Waals surface area contributed by atoms with Gasteiger partial charge in [0.2, 0.25) is 0 Å². The number of benzene rings is 1. The lowest BCUT2D eigenvalue weighted by molar-refractivity contribution is 0.0164. The van der Waals surface area contributed by atoms with Crippen LogP contribution in [0.1, 0.15) is 21.7 Å². The summed E-state index contributed by atoms with van der Waals surface area (Å²) in [5.41, 5.74) is 1.69. The van der Waals surface area contributed by atoms with Crippen molar-refractivity contribution >= 4 is 17.2 Å². The third-order valence-electron chi connectivity index (χ3n) is 4.19. The van der Waals surface area contributed by atoms with E-state index in [4.69, 9.17) is 0 Å². The van der Waals surface area contributed by atoms with E-state index in [2.05, 4.69) is 4.98 Å². The first-order valence-electron chi connectivity index (χ1n) is 7.78. The van der Waals surface area contributed by atoms with Crippen molar-refractivity contribution in [2.45, 2.75) is 18.6 Å². The fourth-order valence-corrected chi connectivity index (χ4v) is 3.68. The molecule has 1 saturated heterocycles. The van der Waals surface area contributed by atoms with Gasteiger partial charge in [-0.15, -0.1) is 11.3 Å². The molecule has 3 rings (SSSR count). The molecule has 24 heavy (non-hydrogen) atoms. The number of β-amino-alcohol motifs (C(OH)–C–C–N with tert-alkyl or cyclic N) is 1. The van der Waals surface area contributed by atoms with Crippen molar-refractivity contribution in [2.24, 2.45) is 0 Å². The Bertz CT molecular complexity index is 692. The number of likely N-dealkylation sites (tertiary alicyclic amines) is 1. The Morgan fingerprint density at radius 2 is 2.21 bits per heavy atom. The topological polar surface area (TPSA) is 56.7 Å². The molecule has 0 bridgehead atoms. The molecule has 1 atom stereocenters. The monoisotopic (exact) mass is 349 g/mol. The van der Waals surface area contributed by atoms with Crippen LogP contribution < -0.4 is 0 Å². The van der Waals surface area contributed by atoms with E-state index in [1.165, 1.54) is 23.5 Å². The van der Waals surface area contributed by atoms with Crippen molar-refractivity contribution in [1.82, 2.24) is 14.8 Å². The smallest absolute Gasteiger partial charge is 0.265 e. The maximum absolute atomic E-state index is 13.0. The molecule has 0 radical (unpaired) electrons. The molecule has 0 saturated carbocycles. The summed E-state index contributed by atoms with van der Waals surface area (Å²) in [4.78, 5) is 20.5. The number of likely N-dealkylation sites (N-methyl/N-ethyl adjacent to an activating group) is 1. The first-order valence-corrected chi connectivity index (χ1v) is 8.66. The number of hydrogen-bond donors (Lipinski definition) is 1. The average Bonchev–Trinajstić information content (AvgIpc) is 3.19. The molecule has 2 heterocycles. The summed E-state index contributed by atoms with van der Waals surface area (Å²) in [6.07, 6.45) is 2.11. The minimum absolute atomic E-state index is 0.0744. The number of aliphatic hydroxyl groups is 1. The molecular weight excluding hydrogens is 329 g/mol. The van der Waals surface area contributed by atoms with Gasteiger partial charge in [-0.1, -0.05) is 12.1 Å². The zero-order valence-electron chi connectivity index (χ0n) is 13.5. The van der Waals surface area contributed by atoms with Crippen molar-refractivity contribution in [3.63, 3.8) is 0 Å². The lowest BCUT2D eigenvalue weighted by atomic mass is 10.0. The maximum Gasteiger partial charge on any atom is 0.265 e. The van der Waals surface area contributed by atoms with Gasteiger partial charge >= 0.3 is 0 Å². The molecule has 0 spiro atoms. The summed E-state index contributed by atoms with van der Waals surface area (Å²) < 4.78 is 13.0. The van der Waals surface area contributed by atoms with Crippen molar-refractivity contribution < 1.29 is 14.3 Å². The van der Waals surface area contributed by atoms with Crippen LogP contribution in [0.25, 0.3) is 0 Å². The SMILES string of the molecule is CN(Cc1ccc(F)cc1)CC1(O)CCN(C(=O)c2cncs2)C1. The predicted molar refractivity (Wildman–Crippen MR) is 90.3 cm³/mol. The summed E-state index contributed by atoms with van der Waals surface area (Å²) in [5, 5.41) is 10.8. The first kappa shape index (κ1) is 17.0. The predicted octanol–water partition coefficient (Wildman–Crippen LogP) is 1.99. The van der Waals surface area contributed by atoms with Crippen LogP contribution in [0.15, 0.2) is 36.0 Å². The highest BCUT2D eigenvalue weighted by Crippen LogP contribution is 2.25. The molecule has 0 aliphatic carbocycles. The molecule has 1 amide bonds. The number of amides is 1. The number of carbonyl (C=O) groups excluding carboxylic acids is 1. The molecule has 1 fully saturated rings. The minimum atomic E-state index is -0.921. The summed E-state index contributed by atoms with van der Waals surface area (Å²) >= 11 is 1.31. The highest BCUT2D eigenvalue weighted by atomic mass is 32.1. The fourth-order valence-electron chi connectivity index (χ4n) is 3.10. The van der Waals surface area contributed by atoms with Gasteiger partial charge in [0.15, 0.2) is 0 Å². The zero-order valence-corrected chi connectivity index (χ0v) is 14.3. The standard InChI is InChI=1S/C17H20FN3O2S/c1-20(9-13-2-4-14(18)5-3-13)10-17(23)6-7-21(11-17)16(22)15-8-19-12-24-15/h2-5,8,12,23H,6-7,9-11H2,1H3. The van der Waals surface area contributed by atoms with Gasteiger partial charge in [-0.2, -0.15) is 0 Å². The van der Waals surface area contributed by atoms with Crippen LogP contribution in [-0.2, 0) is 6.54 Å². The third kappa shape index (κ3) is 3.98. The highest BCUT2D eigenvalue weighted by Gasteiger charge is 2.39. The van der Waals surface area contributed by atoms with Crippen LogP contribution in [0.3, 0.4) is 0 Å². The minimum Gasteiger partial charge on any atom is -0.387 e. The normalized spacial score (nSPS) is 20.8. The molecule has 5 nitrogen and oxygen atoms in total. The second-order valence-corrected chi connectivity index (χ2v) is 7.25. The van der Waals surface area contributed by atoms with Gasteiger partial charge in [-0.05, 0) is 31.2 Å². The van der Waals surface area contributed by atoms with E-state index in [0.717, 1.165) is 5.56 Å². The lowest BCUT2D eigenvalue weighted by Gasteiger charge is -2.29. The zero-order chi connectivity index (χ0) is 17.2. The van der Waals surface area contributed by atoms with Crippen molar-refractivity contribution in [3.8, 4) is 0 Å². The van der Waals surface area contributed by atoms with E-state index in [0.29, 0.717) is 37.5 Å². The van der Waals surface area contributed by atoms with Crippen LogP contribution in [0.4, 0.5) is 4.39 Å². The molecule has 1 aliphatic heterocycles. The average molecular weight is 349 g/mol. The van der Waals surface area contributed by atoms with Crippen LogP contribution in [0.5, 0.6) is 0 Å². The second-order valence-electron chi connectivity index (χ2n) is 6.37. The Labute approximate surface area is 144 Å². The Morgan fingerprint density at radius 3 is 2.88 bits per heavy atom.